The fourth-order valence-electron chi connectivity index (χ4n) is 3.47. The highest BCUT2D eigenvalue weighted by Gasteiger charge is 2.13. The maximum absolute atomic E-state index is 12.1. The number of ether oxygens (including phenoxy) is 1. The van der Waals surface area contributed by atoms with E-state index in [4.69, 9.17) is 9.57 Å². The third-order valence-corrected chi connectivity index (χ3v) is 5.98. The smallest absolute Gasteiger partial charge is 0.267 e. The molecule has 1 unspecified atom stereocenters. The van der Waals surface area contributed by atoms with Crippen LogP contribution in [-0.2, 0) is 26.8 Å². The Morgan fingerprint density at radius 2 is 2.09 bits per heavy atom. The van der Waals surface area contributed by atoms with E-state index < -0.39 is 0 Å². The Labute approximate surface area is 203 Å². The highest BCUT2D eigenvalue weighted by atomic mass is 32.2. The van der Waals surface area contributed by atoms with Crippen LogP contribution in [0.4, 0.5) is 0 Å². The van der Waals surface area contributed by atoms with Crippen molar-refractivity contribution in [3.05, 3.63) is 78.0 Å². The summed E-state index contributed by atoms with van der Waals surface area (Å²) in [7, 11) is 0. The predicted octanol–water partition coefficient (Wildman–Crippen LogP) is 4.32. The molecule has 4 rings (SSSR count). The van der Waals surface area contributed by atoms with E-state index in [1.807, 2.05) is 60.8 Å². The Morgan fingerprint density at radius 1 is 1.18 bits per heavy atom. The second-order valence-electron chi connectivity index (χ2n) is 7.92. The van der Waals surface area contributed by atoms with E-state index in [2.05, 4.69) is 20.5 Å². The number of aromatic nitrogens is 3. The van der Waals surface area contributed by atoms with Crippen molar-refractivity contribution in [2.75, 3.05) is 6.61 Å². The molecule has 2 heterocycles. The van der Waals surface area contributed by atoms with E-state index in [0.717, 1.165) is 48.1 Å². The van der Waals surface area contributed by atoms with E-state index in [9.17, 15) is 4.79 Å². The van der Waals surface area contributed by atoms with Gasteiger partial charge >= 0.3 is 0 Å². The summed E-state index contributed by atoms with van der Waals surface area (Å²) in [6.45, 7) is 1.35. The lowest BCUT2D eigenvalue weighted by Crippen LogP contribution is -2.29. The summed E-state index contributed by atoms with van der Waals surface area (Å²) in [5.74, 6) is 0.333. The molecule has 9 heteroatoms. The summed E-state index contributed by atoms with van der Waals surface area (Å²) in [6.07, 6.45) is 8.81. The SMILES string of the molecule is O=C(/C=C/c1cccc(CNSCn2cc(-c3ccccc3)nn2)c1)NOC1CCCCCO1. The summed E-state index contributed by atoms with van der Waals surface area (Å²) in [6, 6.07) is 18.0. The van der Waals surface area contributed by atoms with Gasteiger partial charge in [-0.15, -0.1) is 5.10 Å². The molecule has 0 bridgehead atoms. The summed E-state index contributed by atoms with van der Waals surface area (Å²) >= 11 is 1.56. The van der Waals surface area contributed by atoms with Gasteiger partial charge in [-0.3, -0.25) is 9.52 Å². The van der Waals surface area contributed by atoms with Crippen molar-refractivity contribution in [3.63, 3.8) is 0 Å². The van der Waals surface area contributed by atoms with Crippen LogP contribution in [0.25, 0.3) is 17.3 Å². The lowest BCUT2D eigenvalue weighted by Gasteiger charge is -2.14. The Balaban J connectivity index is 1.18. The highest BCUT2D eigenvalue weighted by Crippen LogP contribution is 2.16. The van der Waals surface area contributed by atoms with Crippen LogP contribution in [0.3, 0.4) is 0 Å². The number of nitrogens with zero attached hydrogens (tertiary/aromatic N) is 3. The molecule has 0 aliphatic carbocycles. The first-order chi connectivity index (χ1) is 16.8. The summed E-state index contributed by atoms with van der Waals surface area (Å²) in [5.41, 5.74) is 6.42. The summed E-state index contributed by atoms with van der Waals surface area (Å²) in [4.78, 5) is 17.4. The number of hydrogen-bond donors (Lipinski definition) is 2. The Bertz CT molecular complexity index is 1070. The molecule has 3 aromatic rings. The van der Waals surface area contributed by atoms with Crippen LogP contribution in [-0.4, -0.2) is 33.8 Å². The van der Waals surface area contributed by atoms with Crippen LogP contribution < -0.4 is 10.2 Å². The number of hydrogen-bond acceptors (Lipinski definition) is 7. The highest BCUT2D eigenvalue weighted by molar-refractivity contribution is 7.96. The molecule has 0 spiro atoms. The molecular weight excluding hydrogens is 450 g/mol. The fraction of sp³-hybridized carbons (Fsp3) is 0.320. The van der Waals surface area contributed by atoms with Crippen LogP contribution in [0, 0.1) is 0 Å². The number of rotatable bonds is 10. The zero-order chi connectivity index (χ0) is 23.4. The van der Waals surface area contributed by atoms with Crippen molar-refractivity contribution in [2.24, 2.45) is 0 Å². The number of carbonyl (C=O) groups is 1. The van der Waals surface area contributed by atoms with Gasteiger partial charge in [-0.1, -0.05) is 78.2 Å². The molecular formula is C25H29N5O3S. The van der Waals surface area contributed by atoms with Crippen molar-refractivity contribution in [1.29, 1.82) is 0 Å². The van der Waals surface area contributed by atoms with Crippen LogP contribution in [0.2, 0.25) is 0 Å². The van der Waals surface area contributed by atoms with E-state index in [1.54, 1.807) is 22.7 Å². The first-order valence-electron chi connectivity index (χ1n) is 11.4. The van der Waals surface area contributed by atoms with Gasteiger partial charge in [-0.25, -0.2) is 15.0 Å². The van der Waals surface area contributed by atoms with Gasteiger partial charge in [0.25, 0.3) is 5.91 Å². The van der Waals surface area contributed by atoms with E-state index in [0.29, 0.717) is 19.0 Å². The van der Waals surface area contributed by atoms with Gasteiger partial charge in [0.1, 0.15) is 11.6 Å². The van der Waals surface area contributed by atoms with Crippen LogP contribution in [0.1, 0.15) is 36.8 Å². The largest absolute Gasteiger partial charge is 0.350 e. The van der Waals surface area contributed by atoms with Gasteiger partial charge in [0.15, 0.2) is 6.29 Å². The first kappa shape index (κ1) is 24.2. The molecule has 0 saturated carbocycles. The quantitative estimate of drug-likeness (QED) is 0.194. The first-order valence-corrected chi connectivity index (χ1v) is 12.4. The van der Waals surface area contributed by atoms with Crippen molar-refractivity contribution < 1.29 is 14.4 Å². The van der Waals surface area contributed by atoms with E-state index in [-0.39, 0.29) is 12.2 Å². The second-order valence-corrected chi connectivity index (χ2v) is 8.75. The predicted molar refractivity (Wildman–Crippen MR) is 133 cm³/mol. The zero-order valence-electron chi connectivity index (χ0n) is 18.9. The summed E-state index contributed by atoms with van der Waals surface area (Å²) in [5, 5.41) is 8.41. The number of amides is 1. The fourth-order valence-corrected chi connectivity index (χ4v) is 4.08. The lowest BCUT2D eigenvalue weighted by molar-refractivity contribution is -0.184. The molecule has 1 atom stereocenters. The maximum Gasteiger partial charge on any atom is 0.267 e. The molecule has 34 heavy (non-hydrogen) atoms. The number of nitrogens with one attached hydrogen (secondary N) is 2. The minimum atomic E-state index is -0.366. The second kappa shape index (κ2) is 13.0. The average molecular weight is 480 g/mol. The standard InChI is InChI=1S/C25H29N5O3S/c31-24(28-33-25-12-5-2-6-15-32-25)14-13-20-8-7-9-21(16-20)17-26-34-19-30-18-23(27-29-30)22-10-3-1-4-11-22/h1,3-4,7-11,13-14,16,18,25-26H,2,5-6,12,15,17,19H2,(H,28,31)/b14-13+. The Hall–Kier alpha value is -2.98. The number of hydroxylamine groups is 1. The third-order valence-electron chi connectivity index (χ3n) is 5.24. The molecule has 1 amide bonds. The molecule has 8 nitrogen and oxygen atoms in total. The molecule has 1 saturated heterocycles. The Kier molecular flexibility index (Phi) is 9.27. The molecule has 2 N–H and O–H groups in total. The van der Waals surface area contributed by atoms with Gasteiger partial charge in [0.05, 0.1) is 6.20 Å². The van der Waals surface area contributed by atoms with Gasteiger partial charge in [-0.05, 0) is 30.0 Å². The molecule has 1 aromatic heterocycles. The molecule has 2 aromatic carbocycles. The van der Waals surface area contributed by atoms with Gasteiger partial charge in [0.2, 0.25) is 0 Å². The van der Waals surface area contributed by atoms with E-state index >= 15 is 0 Å². The van der Waals surface area contributed by atoms with Crippen LogP contribution >= 0.6 is 11.9 Å². The number of benzene rings is 2. The van der Waals surface area contributed by atoms with Crippen molar-refractivity contribution in [1.82, 2.24) is 25.2 Å². The maximum atomic E-state index is 12.1. The molecule has 1 aliphatic rings. The zero-order valence-corrected chi connectivity index (χ0v) is 19.7. The average Bonchev–Trinajstić information content (AvgIpc) is 3.19. The minimum absolute atomic E-state index is 0.311. The molecule has 178 valence electrons. The normalized spacial score (nSPS) is 16.4. The van der Waals surface area contributed by atoms with Crippen LogP contribution in [0.15, 0.2) is 66.9 Å². The van der Waals surface area contributed by atoms with Gasteiger partial charge in [0, 0.05) is 31.2 Å². The molecule has 1 fully saturated rings. The van der Waals surface area contributed by atoms with Crippen LogP contribution in [0.5, 0.6) is 0 Å². The monoisotopic (exact) mass is 479 g/mol. The summed E-state index contributed by atoms with van der Waals surface area (Å²) < 4.78 is 10.7. The molecule has 1 aliphatic heterocycles. The van der Waals surface area contributed by atoms with Crippen molar-refractivity contribution in [3.8, 4) is 11.3 Å². The number of carbonyl (C=O) groups excluding carboxylic acids is 1. The Morgan fingerprint density at radius 3 is 3.00 bits per heavy atom. The van der Waals surface area contributed by atoms with Gasteiger partial charge in [-0.2, -0.15) is 0 Å². The van der Waals surface area contributed by atoms with E-state index in [1.165, 1.54) is 6.08 Å². The van der Waals surface area contributed by atoms with Crippen molar-refractivity contribution >= 4 is 23.9 Å². The lowest BCUT2D eigenvalue weighted by atomic mass is 10.1. The molecule has 0 radical (unpaired) electrons. The van der Waals surface area contributed by atoms with Gasteiger partial charge < -0.3 is 4.74 Å². The topological polar surface area (TPSA) is 90.3 Å². The third kappa shape index (κ3) is 7.81. The minimum Gasteiger partial charge on any atom is -0.350 e. The van der Waals surface area contributed by atoms with Crippen molar-refractivity contribution in [2.45, 2.75) is 44.4 Å².